The highest BCUT2D eigenvalue weighted by atomic mass is 79.9. The number of carbonyl (C=O) groups excluding carboxylic acids is 2. The molecule has 0 unspecified atom stereocenters. The maximum atomic E-state index is 11.0. The summed E-state index contributed by atoms with van der Waals surface area (Å²) in [4.78, 5) is 22.0. The van der Waals surface area contributed by atoms with Crippen molar-refractivity contribution in [2.75, 3.05) is 5.33 Å². The third kappa shape index (κ3) is 4.20. The molecule has 0 aromatic rings. The lowest BCUT2D eigenvalue weighted by Crippen LogP contribution is -2.19. The number of halogens is 1. The lowest BCUT2D eigenvalue weighted by atomic mass is 10.3. The fourth-order valence-corrected chi connectivity index (χ4v) is 1.73. The molecule has 0 aromatic carbocycles. The third-order valence-electron chi connectivity index (χ3n) is 2.33. The first-order valence-corrected chi connectivity index (χ1v) is 6.22. The van der Waals surface area contributed by atoms with Crippen molar-refractivity contribution in [3.63, 3.8) is 0 Å². The summed E-state index contributed by atoms with van der Waals surface area (Å²) in [5, 5.41) is 0.211. The Kier molecular flexibility index (Phi) is 5.08. The first-order valence-electron chi connectivity index (χ1n) is 5.10. The minimum Gasteiger partial charge on any atom is -0.462 e. The molecule has 1 saturated carbocycles. The number of rotatable bonds is 4. The normalized spacial score (nSPS) is 24.9. The van der Waals surface area contributed by atoms with Gasteiger partial charge >= 0.3 is 11.9 Å². The number of hydrogen-bond donors (Lipinski definition) is 0. The van der Waals surface area contributed by atoms with E-state index in [2.05, 4.69) is 15.9 Å². The second-order valence-corrected chi connectivity index (χ2v) is 4.08. The molecule has 86 valence electrons. The average Bonchev–Trinajstić information content (AvgIpc) is 2.65. The van der Waals surface area contributed by atoms with Crippen LogP contribution < -0.4 is 0 Å². The maximum absolute atomic E-state index is 11.0. The molecule has 1 aliphatic rings. The maximum Gasteiger partial charge on any atom is 0.316 e. The Bertz CT molecular complexity index is 218. The zero-order valence-electron chi connectivity index (χ0n) is 8.70. The minimum absolute atomic E-state index is 0.0782. The van der Waals surface area contributed by atoms with Crippen molar-refractivity contribution in [1.82, 2.24) is 0 Å². The standard InChI is InChI=1S/C10H15BrO4/c1-2-9(12)14-7-3-4-8(5-7)15-10(13)6-11/h7-8H,2-6H2,1H3/t7-,8+/m1/s1. The van der Waals surface area contributed by atoms with Crippen molar-refractivity contribution in [3.8, 4) is 0 Å². The zero-order valence-corrected chi connectivity index (χ0v) is 10.3. The average molecular weight is 279 g/mol. The number of hydrogen-bond acceptors (Lipinski definition) is 4. The monoisotopic (exact) mass is 278 g/mol. The Hall–Kier alpha value is -0.580. The largest absolute Gasteiger partial charge is 0.462 e. The molecule has 2 atom stereocenters. The molecule has 5 heteroatoms. The molecule has 1 rings (SSSR count). The number of alkyl halides is 1. The Morgan fingerprint density at radius 1 is 1.20 bits per heavy atom. The molecule has 0 saturated heterocycles. The van der Waals surface area contributed by atoms with E-state index < -0.39 is 0 Å². The van der Waals surface area contributed by atoms with Gasteiger partial charge in [-0.1, -0.05) is 22.9 Å². The molecule has 1 fully saturated rings. The summed E-state index contributed by atoms with van der Waals surface area (Å²) in [6.45, 7) is 1.76. The van der Waals surface area contributed by atoms with E-state index in [1.165, 1.54) is 0 Å². The topological polar surface area (TPSA) is 52.6 Å². The van der Waals surface area contributed by atoms with Crippen LogP contribution in [0.1, 0.15) is 32.6 Å². The first-order chi connectivity index (χ1) is 7.15. The van der Waals surface area contributed by atoms with Crippen LogP contribution in [-0.2, 0) is 19.1 Å². The lowest BCUT2D eigenvalue weighted by Gasteiger charge is -2.12. The van der Waals surface area contributed by atoms with Crippen molar-refractivity contribution in [2.45, 2.75) is 44.8 Å². The van der Waals surface area contributed by atoms with Gasteiger partial charge in [0.15, 0.2) is 0 Å². The van der Waals surface area contributed by atoms with Gasteiger partial charge < -0.3 is 9.47 Å². The van der Waals surface area contributed by atoms with Crippen molar-refractivity contribution >= 4 is 27.9 Å². The zero-order chi connectivity index (χ0) is 11.3. The van der Waals surface area contributed by atoms with Crippen molar-refractivity contribution < 1.29 is 19.1 Å². The smallest absolute Gasteiger partial charge is 0.316 e. The summed E-state index contributed by atoms with van der Waals surface area (Å²) in [5.41, 5.74) is 0. The summed E-state index contributed by atoms with van der Waals surface area (Å²) >= 11 is 3.03. The number of carbonyl (C=O) groups is 2. The Balaban J connectivity index is 2.26. The fourth-order valence-electron chi connectivity index (χ4n) is 1.60. The Labute approximate surface area is 97.4 Å². The van der Waals surface area contributed by atoms with E-state index in [0.717, 1.165) is 12.8 Å². The molecule has 0 amide bonds. The second kappa shape index (κ2) is 6.10. The van der Waals surface area contributed by atoms with Crippen molar-refractivity contribution in [2.24, 2.45) is 0 Å². The van der Waals surface area contributed by atoms with Gasteiger partial charge in [0.2, 0.25) is 0 Å². The molecule has 0 spiro atoms. The Morgan fingerprint density at radius 3 is 2.20 bits per heavy atom. The lowest BCUT2D eigenvalue weighted by molar-refractivity contribution is -0.149. The molecule has 0 aromatic heterocycles. The van der Waals surface area contributed by atoms with Crippen LogP contribution in [0.4, 0.5) is 0 Å². The van der Waals surface area contributed by atoms with E-state index in [4.69, 9.17) is 9.47 Å². The van der Waals surface area contributed by atoms with Crippen LogP contribution in [0.15, 0.2) is 0 Å². The van der Waals surface area contributed by atoms with Gasteiger partial charge in [-0.2, -0.15) is 0 Å². The van der Waals surface area contributed by atoms with Crippen LogP contribution in [0.3, 0.4) is 0 Å². The summed E-state index contributed by atoms with van der Waals surface area (Å²) in [5.74, 6) is -0.449. The van der Waals surface area contributed by atoms with Gasteiger partial charge in [0.25, 0.3) is 0 Å². The van der Waals surface area contributed by atoms with Crippen LogP contribution in [0, 0.1) is 0 Å². The van der Waals surface area contributed by atoms with Crippen LogP contribution in [0.5, 0.6) is 0 Å². The van der Waals surface area contributed by atoms with Crippen molar-refractivity contribution in [1.29, 1.82) is 0 Å². The van der Waals surface area contributed by atoms with Gasteiger partial charge in [0, 0.05) is 12.8 Å². The molecule has 0 bridgehead atoms. The van der Waals surface area contributed by atoms with Crippen LogP contribution in [-0.4, -0.2) is 29.5 Å². The highest BCUT2D eigenvalue weighted by Gasteiger charge is 2.29. The summed E-state index contributed by atoms with van der Waals surface area (Å²) in [6.07, 6.45) is 2.41. The molecule has 1 aliphatic carbocycles. The molecule has 0 N–H and O–H groups in total. The van der Waals surface area contributed by atoms with E-state index in [0.29, 0.717) is 12.8 Å². The van der Waals surface area contributed by atoms with E-state index in [1.807, 2.05) is 0 Å². The van der Waals surface area contributed by atoms with E-state index in [9.17, 15) is 9.59 Å². The van der Waals surface area contributed by atoms with Crippen LogP contribution >= 0.6 is 15.9 Å². The predicted molar refractivity (Wildman–Crippen MR) is 57.7 cm³/mol. The van der Waals surface area contributed by atoms with Gasteiger partial charge in [-0.25, -0.2) is 0 Å². The molecular weight excluding hydrogens is 264 g/mol. The summed E-state index contributed by atoms with van der Waals surface area (Å²) in [7, 11) is 0. The van der Waals surface area contributed by atoms with Crippen molar-refractivity contribution in [3.05, 3.63) is 0 Å². The number of ether oxygens (including phenoxy) is 2. The highest BCUT2D eigenvalue weighted by Crippen LogP contribution is 2.25. The highest BCUT2D eigenvalue weighted by molar-refractivity contribution is 9.09. The van der Waals surface area contributed by atoms with Crippen LogP contribution in [0.2, 0.25) is 0 Å². The number of esters is 2. The molecule has 0 radical (unpaired) electrons. The van der Waals surface area contributed by atoms with Gasteiger partial charge in [0.1, 0.15) is 17.5 Å². The molecule has 0 aliphatic heterocycles. The fraction of sp³-hybridized carbons (Fsp3) is 0.800. The van der Waals surface area contributed by atoms with E-state index in [-0.39, 0.29) is 29.5 Å². The van der Waals surface area contributed by atoms with Gasteiger partial charge in [0.05, 0.1) is 0 Å². The summed E-state index contributed by atoms with van der Waals surface area (Å²) in [6, 6.07) is 0. The van der Waals surface area contributed by atoms with E-state index >= 15 is 0 Å². The van der Waals surface area contributed by atoms with Gasteiger partial charge in [-0.05, 0) is 12.8 Å². The summed E-state index contributed by atoms with van der Waals surface area (Å²) < 4.78 is 10.3. The SMILES string of the molecule is CCC(=O)O[C@@H]1CC[C@H](OC(=O)CBr)C1. The molecule has 0 heterocycles. The molecular formula is C10H15BrO4. The van der Waals surface area contributed by atoms with Gasteiger partial charge in [-0.15, -0.1) is 0 Å². The second-order valence-electron chi connectivity index (χ2n) is 3.52. The Morgan fingerprint density at radius 2 is 1.73 bits per heavy atom. The molecule has 15 heavy (non-hydrogen) atoms. The predicted octanol–water partition coefficient (Wildman–Crippen LogP) is 1.80. The van der Waals surface area contributed by atoms with E-state index in [1.54, 1.807) is 6.92 Å². The minimum atomic E-state index is -0.262. The third-order valence-corrected chi connectivity index (χ3v) is 2.79. The first kappa shape index (κ1) is 12.5. The quantitative estimate of drug-likeness (QED) is 0.581. The van der Waals surface area contributed by atoms with Gasteiger partial charge in [-0.3, -0.25) is 9.59 Å². The molecule has 4 nitrogen and oxygen atoms in total. The van der Waals surface area contributed by atoms with Crippen LogP contribution in [0.25, 0.3) is 0 Å².